The third-order valence-electron chi connectivity index (χ3n) is 4.89. The average molecular weight is 420 g/mol. The summed E-state index contributed by atoms with van der Waals surface area (Å²) in [5, 5.41) is 0. The number of ether oxygens (including phenoxy) is 1. The molecule has 2 heterocycles. The van der Waals surface area contributed by atoms with Crippen molar-refractivity contribution in [2.75, 3.05) is 46.9 Å². The minimum absolute atomic E-state index is 0.0927. The van der Waals surface area contributed by atoms with Gasteiger partial charge >= 0.3 is 0 Å². The van der Waals surface area contributed by atoms with Crippen LogP contribution in [0.4, 0.5) is 0 Å². The van der Waals surface area contributed by atoms with E-state index >= 15 is 0 Å². The van der Waals surface area contributed by atoms with E-state index < -0.39 is 0 Å². The van der Waals surface area contributed by atoms with Crippen LogP contribution in [-0.2, 0) is 9.59 Å². The van der Waals surface area contributed by atoms with E-state index in [0.29, 0.717) is 28.6 Å². The molecule has 0 bridgehead atoms. The molecule has 0 atom stereocenters. The summed E-state index contributed by atoms with van der Waals surface area (Å²) in [6.07, 6.45) is 2.89. The van der Waals surface area contributed by atoms with Gasteiger partial charge in [0.25, 0.3) is 5.91 Å². The molecule has 2 fully saturated rings. The number of carbonyl (C=O) groups is 2. The third kappa shape index (κ3) is 5.12. The van der Waals surface area contributed by atoms with Crippen LogP contribution in [0.3, 0.4) is 0 Å². The van der Waals surface area contributed by atoms with Crippen LogP contribution >= 0.6 is 24.0 Å². The summed E-state index contributed by atoms with van der Waals surface area (Å²) < 4.78 is 5.77. The smallest absolute Gasteiger partial charge is 0.266 e. The van der Waals surface area contributed by atoms with Crippen molar-refractivity contribution in [2.24, 2.45) is 0 Å². The van der Waals surface area contributed by atoms with Crippen LogP contribution in [0.15, 0.2) is 29.2 Å². The molecule has 0 spiro atoms. The highest BCUT2D eigenvalue weighted by molar-refractivity contribution is 8.26. The van der Waals surface area contributed by atoms with Crippen molar-refractivity contribution in [3.8, 4) is 5.75 Å². The normalized spacial score (nSPS) is 19.6. The lowest BCUT2D eigenvalue weighted by Gasteiger charge is -2.32. The lowest BCUT2D eigenvalue weighted by atomic mass is 10.2. The van der Waals surface area contributed by atoms with Crippen LogP contribution < -0.4 is 4.74 Å². The Morgan fingerprint density at radius 2 is 2.04 bits per heavy atom. The van der Waals surface area contributed by atoms with Crippen molar-refractivity contribution in [3.63, 3.8) is 0 Å². The molecule has 0 radical (unpaired) electrons. The lowest BCUT2D eigenvalue weighted by molar-refractivity contribution is -0.133. The Bertz CT molecular complexity index is 789. The molecule has 2 aliphatic heterocycles. The fourth-order valence-electron chi connectivity index (χ4n) is 3.18. The number of benzene rings is 1. The standard InChI is InChI=1S/C20H25N3O3S2/c1-21-9-11-22(12-10-21)18(24)7-4-8-23-19(25)17(28-20(23)27)14-15-5-3-6-16(13-15)26-2/h3,5-6,13-14H,4,7-12H2,1-2H3/b17-14-. The number of piperazine rings is 1. The number of thioether (sulfide) groups is 1. The van der Waals surface area contributed by atoms with E-state index in [1.165, 1.54) is 11.8 Å². The van der Waals surface area contributed by atoms with Gasteiger partial charge in [0.2, 0.25) is 5.91 Å². The van der Waals surface area contributed by atoms with Gasteiger partial charge in [0.05, 0.1) is 12.0 Å². The minimum Gasteiger partial charge on any atom is -0.497 e. The van der Waals surface area contributed by atoms with Gasteiger partial charge in [-0.3, -0.25) is 14.5 Å². The van der Waals surface area contributed by atoms with Gasteiger partial charge in [-0.15, -0.1) is 0 Å². The number of methoxy groups -OCH3 is 1. The number of hydrogen-bond acceptors (Lipinski definition) is 6. The Labute approximate surface area is 175 Å². The molecule has 0 N–H and O–H groups in total. The van der Waals surface area contributed by atoms with Gasteiger partial charge in [-0.05, 0) is 37.2 Å². The van der Waals surface area contributed by atoms with Crippen LogP contribution in [0.5, 0.6) is 5.75 Å². The molecule has 2 saturated heterocycles. The Kier molecular flexibility index (Phi) is 7.09. The Morgan fingerprint density at radius 3 is 2.75 bits per heavy atom. The first-order valence-electron chi connectivity index (χ1n) is 9.33. The number of thiocarbonyl (C=S) groups is 1. The highest BCUT2D eigenvalue weighted by atomic mass is 32.2. The molecule has 2 aliphatic rings. The van der Waals surface area contributed by atoms with Crippen LogP contribution in [0.1, 0.15) is 18.4 Å². The van der Waals surface area contributed by atoms with Crippen molar-refractivity contribution in [1.29, 1.82) is 0 Å². The molecular formula is C20H25N3O3S2. The van der Waals surface area contributed by atoms with Crippen molar-refractivity contribution in [1.82, 2.24) is 14.7 Å². The molecular weight excluding hydrogens is 394 g/mol. The second kappa shape index (κ2) is 9.54. The maximum Gasteiger partial charge on any atom is 0.266 e. The number of rotatable bonds is 6. The molecule has 1 aromatic carbocycles. The van der Waals surface area contributed by atoms with E-state index in [-0.39, 0.29) is 11.8 Å². The average Bonchev–Trinajstić information content (AvgIpc) is 2.96. The van der Waals surface area contributed by atoms with Crippen molar-refractivity contribution >= 4 is 46.2 Å². The van der Waals surface area contributed by atoms with Gasteiger partial charge in [0.15, 0.2) is 0 Å². The van der Waals surface area contributed by atoms with Crippen molar-refractivity contribution < 1.29 is 14.3 Å². The molecule has 2 amide bonds. The first kappa shape index (κ1) is 20.8. The first-order valence-corrected chi connectivity index (χ1v) is 10.6. The van der Waals surface area contributed by atoms with Crippen LogP contribution in [0.25, 0.3) is 6.08 Å². The number of hydrogen-bond donors (Lipinski definition) is 0. The molecule has 8 heteroatoms. The molecule has 28 heavy (non-hydrogen) atoms. The third-order valence-corrected chi connectivity index (χ3v) is 6.27. The maximum atomic E-state index is 12.7. The zero-order valence-corrected chi connectivity index (χ0v) is 17.9. The Morgan fingerprint density at radius 1 is 1.29 bits per heavy atom. The largest absolute Gasteiger partial charge is 0.497 e. The fraction of sp³-hybridized carbons (Fsp3) is 0.450. The Hall–Kier alpha value is -1.90. The SMILES string of the molecule is COc1cccc(/C=C2\SC(=S)N(CCCC(=O)N3CCN(C)CC3)C2=O)c1. The lowest BCUT2D eigenvalue weighted by Crippen LogP contribution is -2.47. The number of nitrogens with zero attached hydrogens (tertiary/aromatic N) is 3. The van der Waals surface area contributed by atoms with Gasteiger partial charge in [-0.2, -0.15) is 0 Å². The van der Waals surface area contributed by atoms with Gasteiger partial charge < -0.3 is 14.5 Å². The van der Waals surface area contributed by atoms with E-state index in [1.54, 1.807) is 12.0 Å². The molecule has 0 saturated carbocycles. The topological polar surface area (TPSA) is 53.1 Å². The van der Waals surface area contributed by atoms with Gasteiger partial charge in [-0.1, -0.05) is 36.1 Å². The summed E-state index contributed by atoms with van der Waals surface area (Å²) >= 11 is 6.68. The summed E-state index contributed by atoms with van der Waals surface area (Å²) in [4.78, 5) is 31.4. The highest BCUT2D eigenvalue weighted by Crippen LogP contribution is 2.33. The summed E-state index contributed by atoms with van der Waals surface area (Å²) in [5.41, 5.74) is 0.894. The van der Waals surface area contributed by atoms with Crippen LogP contribution in [0.2, 0.25) is 0 Å². The molecule has 6 nitrogen and oxygen atoms in total. The van der Waals surface area contributed by atoms with Gasteiger partial charge in [-0.25, -0.2) is 0 Å². The molecule has 0 aliphatic carbocycles. The maximum absolute atomic E-state index is 12.7. The summed E-state index contributed by atoms with van der Waals surface area (Å²) in [7, 11) is 3.68. The fourth-order valence-corrected chi connectivity index (χ4v) is 4.49. The predicted octanol–water partition coefficient (Wildman–Crippen LogP) is 2.45. The van der Waals surface area contributed by atoms with Gasteiger partial charge in [0, 0.05) is 39.1 Å². The highest BCUT2D eigenvalue weighted by Gasteiger charge is 2.31. The number of amides is 2. The summed E-state index contributed by atoms with van der Waals surface area (Å²) in [6, 6.07) is 7.54. The summed E-state index contributed by atoms with van der Waals surface area (Å²) in [6.45, 7) is 3.85. The van der Waals surface area contributed by atoms with Crippen molar-refractivity contribution in [2.45, 2.75) is 12.8 Å². The van der Waals surface area contributed by atoms with Gasteiger partial charge in [0.1, 0.15) is 10.1 Å². The van der Waals surface area contributed by atoms with E-state index in [0.717, 1.165) is 37.5 Å². The predicted molar refractivity (Wildman–Crippen MR) is 116 cm³/mol. The summed E-state index contributed by atoms with van der Waals surface area (Å²) in [5.74, 6) is 0.807. The second-order valence-corrected chi connectivity index (χ2v) is 8.57. The Balaban J connectivity index is 1.53. The zero-order valence-electron chi connectivity index (χ0n) is 16.2. The van der Waals surface area contributed by atoms with E-state index in [2.05, 4.69) is 11.9 Å². The molecule has 1 aromatic rings. The van der Waals surface area contributed by atoms with Crippen LogP contribution in [-0.4, -0.2) is 77.7 Å². The minimum atomic E-state index is -0.0927. The molecule has 0 aromatic heterocycles. The zero-order chi connectivity index (χ0) is 20.1. The van der Waals surface area contributed by atoms with E-state index in [9.17, 15) is 9.59 Å². The molecule has 150 valence electrons. The quantitative estimate of drug-likeness (QED) is 0.522. The monoisotopic (exact) mass is 419 g/mol. The number of likely N-dealkylation sites (N-methyl/N-ethyl adjacent to an activating group) is 1. The van der Waals surface area contributed by atoms with Crippen LogP contribution in [0, 0.1) is 0 Å². The number of carbonyl (C=O) groups excluding carboxylic acids is 2. The molecule has 0 unspecified atom stereocenters. The first-order chi connectivity index (χ1) is 13.5. The van der Waals surface area contributed by atoms with Crippen molar-refractivity contribution in [3.05, 3.63) is 34.7 Å². The molecule has 3 rings (SSSR count). The van der Waals surface area contributed by atoms with E-state index in [4.69, 9.17) is 17.0 Å². The second-order valence-electron chi connectivity index (χ2n) is 6.90. The van der Waals surface area contributed by atoms with E-state index in [1.807, 2.05) is 35.2 Å².